The Morgan fingerprint density at radius 3 is 2.43 bits per heavy atom. The van der Waals surface area contributed by atoms with Gasteiger partial charge in [0.25, 0.3) is 5.91 Å². The van der Waals surface area contributed by atoms with Crippen molar-refractivity contribution >= 4 is 24.0 Å². The zero-order chi connectivity index (χ0) is 13.9. The summed E-state index contributed by atoms with van der Waals surface area (Å²) in [5.41, 5.74) is 2.21. The molecule has 1 N–H and O–H groups in total. The van der Waals surface area contributed by atoms with Crippen molar-refractivity contribution in [2.45, 2.75) is 6.92 Å². The van der Waals surface area contributed by atoms with Gasteiger partial charge in [-0.05, 0) is 30.7 Å². The normalized spacial score (nSPS) is 12.2. The van der Waals surface area contributed by atoms with Gasteiger partial charge >= 0.3 is 0 Å². The second-order valence-corrected chi connectivity index (χ2v) is 4.50. The van der Waals surface area contributed by atoms with Gasteiger partial charge in [0, 0.05) is 29.7 Å². The minimum absolute atomic E-state index is 0. The number of benzene rings is 1. The summed E-state index contributed by atoms with van der Waals surface area (Å²) >= 11 is 0. The van der Waals surface area contributed by atoms with E-state index in [2.05, 4.69) is 10.3 Å². The lowest BCUT2D eigenvalue weighted by Crippen LogP contribution is -2.17. The Morgan fingerprint density at radius 2 is 1.76 bits per heavy atom. The fourth-order valence-electron chi connectivity index (χ4n) is 2.02. The molecule has 1 aliphatic heterocycles. The second kappa shape index (κ2) is 6.45. The molecule has 5 nitrogen and oxygen atoms in total. The fourth-order valence-corrected chi connectivity index (χ4v) is 2.02. The topological polar surface area (TPSA) is 60.5 Å². The van der Waals surface area contributed by atoms with E-state index in [4.69, 9.17) is 9.47 Å². The molecule has 0 spiro atoms. The van der Waals surface area contributed by atoms with Crippen LogP contribution in [0, 0.1) is 6.92 Å². The van der Waals surface area contributed by atoms with E-state index in [1.54, 1.807) is 30.6 Å². The lowest BCUT2D eigenvalue weighted by Gasteiger charge is -2.20. The van der Waals surface area contributed by atoms with Crippen LogP contribution in [-0.4, -0.2) is 24.1 Å². The Labute approximate surface area is 128 Å². The fraction of sp³-hybridized carbons (Fsp3) is 0.200. The van der Waals surface area contributed by atoms with Crippen molar-refractivity contribution in [1.29, 1.82) is 0 Å². The first-order valence-electron chi connectivity index (χ1n) is 6.35. The van der Waals surface area contributed by atoms with Crippen molar-refractivity contribution in [2.24, 2.45) is 0 Å². The zero-order valence-electron chi connectivity index (χ0n) is 11.5. The summed E-state index contributed by atoms with van der Waals surface area (Å²) in [7, 11) is 0. The maximum absolute atomic E-state index is 12.1. The van der Waals surface area contributed by atoms with Gasteiger partial charge in [-0.2, -0.15) is 0 Å². The zero-order valence-corrected chi connectivity index (χ0v) is 12.3. The number of fused-ring (bicyclic) bond motifs is 1. The molecule has 0 radical (unpaired) electrons. The van der Waals surface area contributed by atoms with Crippen LogP contribution in [0.2, 0.25) is 0 Å². The van der Waals surface area contributed by atoms with Gasteiger partial charge in [0.05, 0.1) is 0 Å². The number of carbonyl (C=O) groups excluding carboxylic acids is 1. The molecule has 2 heterocycles. The SMILES string of the molecule is Cc1cc2c(cc1NC(=O)c1ccncc1)OCCO2.Cl. The first-order valence-corrected chi connectivity index (χ1v) is 6.35. The smallest absolute Gasteiger partial charge is 0.255 e. The lowest BCUT2D eigenvalue weighted by molar-refractivity contribution is 0.102. The van der Waals surface area contributed by atoms with Gasteiger partial charge in [-0.3, -0.25) is 9.78 Å². The number of pyridine rings is 1. The molecule has 1 aromatic carbocycles. The van der Waals surface area contributed by atoms with Crippen molar-refractivity contribution in [3.63, 3.8) is 0 Å². The van der Waals surface area contributed by atoms with E-state index in [-0.39, 0.29) is 18.3 Å². The summed E-state index contributed by atoms with van der Waals surface area (Å²) in [5, 5.41) is 2.87. The van der Waals surface area contributed by atoms with E-state index in [9.17, 15) is 4.79 Å². The van der Waals surface area contributed by atoms with E-state index in [1.807, 2.05) is 13.0 Å². The van der Waals surface area contributed by atoms with Gasteiger partial charge in [0.2, 0.25) is 0 Å². The maximum atomic E-state index is 12.1. The van der Waals surface area contributed by atoms with Gasteiger partial charge < -0.3 is 14.8 Å². The van der Waals surface area contributed by atoms with Crippen LogP contribution < -0.4 is 14.8 Å². The summed E-state index contributed by atoms with van der Waals surface area (Å²) in [5.74, 6) is 1.20. The third kappa shape index (κ3) is 3.25. The standard InChI is InChI=1S/C15H14N2O3.ClH/c1-10-8-13-14(20-7-6-19-13)9-12(10)17-15(18)11-2-4-16-5-3-11;/h2-5,8-9H,6-7H2,1H3,(H,17,18);1H. The van der Waals surface area contributed by atoms with Crippen LogP contribution in [0.5, 0.6) is 11.5 Å². The Kier molecular flexibility index (Phi) is 4.65. The monoisotopic (exact) mass is 306 g/mol. The number of aryl methyl sites for hydroxylation is 1. The van der Waals surface area contributed by atoms with E-state index in [0.29, 0.717) is 24.5 Å². The quantitative estimate of drug-likeness (QED) is 0.927. The molecule has 1 amide bonds. The molecule has 0 aliphatic carbocycles. The van der Waals surface area contributed by atoms with Gasteiger partial charge in [-0.15, -0.1) is 12.4 Å². The lowest BCUT2D eigenvalue weighted by atomic mass is 10.1. The number of hydrogen-bond donors (Lipinski definition) is 1. The van der Waals surface area contributed by atoms with Gasteiger partial charge in [-0.1, -0.05) is 0 Å². The molecule has 3 rings (SSSR count). The van der Waals surface area contributed by atoms with Crippen LogP contribution >= 0.6 is 12.4 Å². The molecular formula is C15H15ClN2O3. The van der Waals surface area contributed by atoms with Crippen LogP contribution in [-0.2, 0) is 0 Å². The number of halogens is 1. The Morgan fingerprint density at radius 1 is 1.14 bits per heavy atom. The van der Waals surface area contributed by atoms with E-state index in [0.717, 1.165) is 17.0 Å². The summed E-state index contributed by atoms with van der Waals surface area (Å²) < 4.78 is 11.0. The predicted molar refractivity (Wildman–Crippen MR) is 81.6 cm³/mol. The van der Waals surface area contributed by atoms with Crippen LogP contribution in [0.25, 0.3) is 0 Å². The number of carbonyl (C=O) groups is 1. The van der Waals surface area contributed by atoms with Crippen LogP contribution in [0.1, 0.15) is 15.9 Å². The van der Waals surface area contributed by atoms with Crippen LogP contribution in [0.4, 0.5) is 5.69 Å². The van der Waals surface area contributed by atoms with Crippen LogP contribution in [0.15, 0.2) is 36.7 Å². The highest BCUT2D eigenvalue weighted by molar-refractivity contribution is 6.04. The van der Waals surface area contributed by atoms with Gasteiger partial charge in [0.1, 0.15) is 13.2 Å². The minimum Gasteiger partial charge on any atom is -0.486 e. The third-order valence-corrected chi connectivity index (χ3v) is 3.08. The third-order valence-electron chi connectivity index (χ3n) is 3.08. The number of aromatic nitrogens is 1. The predicted octanol–water partition coefficient (Wildman–Crippen LogP) is 2.84. The molecule has 21 heavy (non-hydrogen) atoms. The number of nitrogens with zero attached hydrogens (tertiary/aromatic N) is 1. The summed E-state index contributed by atoms with van der Waals surface area (Å²) in [6, 6.07) is 7.00. The van der Waals surface area contributed by atoms with E-state index in [1.165, 1.54) is 0 Å². The molecule has 0 atom stereocenters. The molecule has 6 heteroatoms. The van der Waals surface area contributed by atoms with E-state index >= 15 is 0 Å². The van der Waals surface area contributed by atoms with Gasteiger partial charge in [0.15, 0.2) is 11.5 Å². The molecule has 1 aliphatic rings. The molecule has 0 bridgehead atoms. The average molecular weight is 307 g/mol. The molecular weight excluding hydrogens is 292 g/mol. The van der Waals surface area contributed by atoms with Gasteiger partial charge in [-0.25, -0.2) is 0 Å². The first kappa shape index (κ1) is 15.1. The number of hydrogen-bond acceptors (Lipinski definition) is 4. The summed E-state index contributed by atoms with van der Waals surface area (Å²) in [6.45, 7) is 2.99. The average Bonchev–Trinajstić information content (AvgIpc) is 2.49. The molecule has 0 saturated heterocycles. The van der Waals surface area contributed by atoms with Crippen molar-refractivity contribution in [1.82, 2.24) is 4.98 Å². The number of rotatable bonds is 2. The highest BCUT2D eigenvalue weighted by Gasteiger charge is 2.15. The van der Waals surface area contributed by atoms with Crippen molar-refractivity contribution < 1.29 is 14.3 Å². The second-order valence-electron chi connectivity index (χ2n) is 4.50. The van der Waals surface area contributed by atoms with Crippen molar-refractivity contribution in [3.8, 4) is 11.5 Å². The Hall–Kier alpha value is -2.27. The molecule has 0 unspecified atom stereocenters. The van der Waals surface area contributed by atoms with Crippen molar-refractivity contribution in [2.75, 3.05) is 18.5 Å². The largest absolute Gasteiger partial charge is 0.486 e. The summed E-state index contributed by atoms with van der Waals surface area (Å²) in [6.07, 6.45) is 3.18. The highest BCUT2D eigenvalue weighted by atomic mass is 35.5. The van der Waals surface area contributed by atoms with Crippen LogP contribution in [0.3, 0.4) is 0 Å². The molecule has 2 aromatic rings. The molecule has 110 valence electrons. The molecule has 0 fully saturated rings. The van der Waals surface area contributed by atoms with E-state index < -0.39 is 0 Å². The Balaban J connectivity index is 0.00000161. The molecule has 1 aromatic heterocycles. The minimum atomic E-state index is -0.174. The first-order chi connectivity index (χ1) is 9.74. The highest BCUT2D eigenvalue weighted by Crippen LogP contribution is 2.35. The number of amides is 1. The Bertz CT molecular complexity index is 647. The number of ether oxygens (including phenoxy) is 2. The summed E-state index contributed by atoms with van der Waals surface area (Å²) in [4.78, 5) is 16.0. The number of nitrogens with one attached hydrogen (secondary N) is 1. The maximum Gasteiger partial charge on any atom is 0.255 e. The molecule has 0 saturated carbocycles. The number of anilines is 1. The van der Waals surface area contributed by atoms with Crippen molar-refractivity contribution in [3.05, 3.63) is 47.8 Å².